The highest BCUT2D eigenvalue weighted by molar-refractivity contribution is 5.91. The van der Waals surface area contributed by atoms with E-state index >= 15 is 0 Å². The van der Waals surface area contributed by atoms with Crippen LogP contribution >= 0.6 is 0 Å². The fourth-order valence-electron chi connectivity index (χ4n) is 0.997. The van der Waals surface area contributed by atoms with E-state index in [1.807, 2.05) is 0 Å². The number of carboxylic acid groups (broad SMARTS) is 1. The summed E-state index contributed by atoms with van der Waals surface area (Å²) in [7, 11) is 0. The predicted octanol–water partition coefficient (Wildman–Crippen LogP) is 1.45. The lowest BCUT2D eigenvalue weighted by Crippen LogP contribution is -2.33. The van der Waals surface area contributed by atoms with Gasteiger partial charge in [-0.2, -0.15) is 0 Å². The first-order valence-electron chi connectivity index (χ1n) is 4.42. The third-order valence-corrected chi connectivity index (χ3v) is 1.75. The lowest BCUT2D eigenvalue weighted by molar-refractivity contribution is -0.135. The first-order chi connectivity index (χ1) is 8.32. The molecular formula is C9H6F4N2O3. The Morgan fingerprint density at radius 1 is 1.11 bits per heavy atom. The Morgan fingerprint density at radius 2 is 1.61 bits per heavy atom. The number of amides is 2. The smallest absolute Gasteiger partial charge is 0.323 e. The van der Waals surface area contributed by atoms with Gasteiger partial charge in [0.05, 0.1) is 0 Å². The standard InChI is InChI=1S/C9H6F4N2O3/c10-3-1-4(11)7(13)8(6(3)12)15-9(18)14-2-5(16)17/h1H,2H2,(H,16,17)(H2,14,15,18). The molecule has 3 N–H and O–H groups in total. The summed E-state index contributed by atoms with van der Waals surface area (Å²) in [6.07, 6.45) is 0. The number of aliphatic carboxylic acids is 1. The van der Waals surface area contributed by atoms with E-state index in [-0.39, 0.29) is 6.07 Å². The lowest BCUT2D eigenvalue weighted by atomic mass is 10.2. The number of hydrogen-bond acceptors (Lipinski definition) is 2. The van der Waals surface area contributed by atoms with Crippen molar-refractivity contribution in [1.82, 2.24) is 5.32 Å². The number of carbonyl (C=O) groups excluding carboxylic acids is 1. The van der Waals surface area contributed by atoms with Gasteiger partial charge in [0.1, 0.15) is 12.2 Å². The summed E-state index contributed by atoms with van der Waals surface area (Å²) in [5, 5.41) is 11.4. The van der Waals surface area contributed by atoms with Gasteiger partial charge < -0.3 is 15.7 Å². The number of benzene rings is 1. The zero-order valence-electron chi connectivity index (χ0n) is 8.56. The van der Waals surface area contributed by atoms with Crippen LogP contribution in [0.2, 0.25) is 0 Å². The van der Waals surface area contributed by atoms with Crippen molar-refractivity contribution in [3.8, 4) is 0 Å². The summed E-state index contributed by atoms with van der Waals surface area (Å²) in [5.41, 5.74) is -1.34. The monoisotopic (exact) mass is 266 g/mol. The predicted molar refractivity (Wildman–Crippen MR) is 50.9 cm³/mol. The topological polar surface area (TPSA) is 78.4 Å². The highest BCUT2D eigenvalue weighted by Crippen LogP contribution is 2.23. The Balaban J connectivity index is 2.90. The summed E-state index contributed by atoms with van der Waals surface area (Å²) in [6.45, 7) is -0.827. The molecule has 9 heteroatoms. The number of halogens is 4. The quantitative estimate of drug-likeness (QED) is 0.572. The zero-order chi connectivity index (χ0) is 13.9. The van der Waals surface area contributed by atoms with Crippen molar-refractivity contribution in [2.75, 3.05) is 11.9 Å². The molecular weight excluding hydrogens is 260 g/mol. The number of nitrogens with one attached hydrogen (secondary N) is 2. The Hall–Kier alpha value is -2.32. The van der Waals surface area contributed by atoms with Crippen LogP contribution in [-0.4, -0.2) is 23.7 Å². The Labute approximate surface area is 97.4 Å². The van der Waals surface area contributed by atoms with E-state index in [2.05, 4.69) is 0 Å². The van der Waals surface area contributed by atoms with E-state index < -0.39 is 47.5 Å². The minimum Gasteiger partial charge on any atom is -0.480 e. The van der Waals surface area contributed by atoms with E-state index in [0.717, 1.165) is 0 Å². The van der Waals surface area contributed by atoms with Crippen LogP contribution in [0.4, 0.5) is 28.0 Å². The molecule has 0 fully saturated rings. The number of urea groups is 1. The van der Waals surface area contributed by atoms with Crippen molar-refractivity contribution in [1.29, 1.82) is 0 Å². The van der Waals surface area contributed by atoms with Gasteiger partial charge in [-0.05, 0) is 0 Å². The van der Waals surface area contributed by atoms with Crippen molar-refractivity contribution >= 4 is 17.7 Å². The van der Waals surface area contributed by atoms with Crippen LogP contribution in [0.5, 0.6) is 0 Å². The molecule has 0 aliphatic rings. The maximum atomic E-state index is 13.1. The highest BCUT2D eigenvalue weighted by atomic mass is 19.2. The summed E-state index contributed by atoms with van der Waals surface area (Å²) >= 11 is 0. The maximum absolute atomic E-state index is 13.1. The van der Waals surface area contributed by atoms with Crippen molar-refractivity contribution in [2.45, 2.75) is 0 Å². The van der Waals surface area contributed by atoms with Crippen molar-refractivity contribution < 1.29 is 32.3 Å². The Morgan fingerprint density at radius 3 is 2.06 bits per heavy atom. The first kappa shape index (κ1) is 13.7. The normalized spacial score (nSPS) is 10.0. The second kappa shape index (κ2) is 5.34. The van der Waals surface area contributed by atoms with E-state index in [1.165, 1.54) is 5.32 Å². The summed E-state index contributed by atoms with van der Waals surface area (Å²) in [5.74, 6) is -8.37. The first-order valence-corrected chi connectivity index (χ1v) is 4.42. The molecule has 0 aromatic heterocycles. The molecule has 18 heavy (non-hydrogen) atoms. The Kier molecular flexibility index (Phi) is 4.08. The fraction of sp³-hybridized carbons (Fsp3) is 0.111. The van der Waals surface area contributed by atoms with Gasteiger partial charge >= 0.3 is 12.0 Å². The van der Waals surface area contributed by atoms with E-state index in [1.54, 1.807) is 5.32 Å². The molecule has 1 rings (SSSR count). The average Bonchev–Trinajstić information content (AvgIpc) is 2.29. The van der Waals surface area contributed by atoms with Crippen LogP contribution in [-0.2, 0) is 4.79 Å². The van der Waals surface area contributed by atoms with Crippen LogP contribution in [0.15, 0.2) is 6.07 Å². The largest absolute Gasteiger partial charge is 0.480 e. The van der Waals surface area contributed by atoms with E-state index in [4.69, 9.17) is 5.11 Å². The molecule has 5 nitrogen and oxygen atoms in total. The van der Waals surface area contributed by atoms with Crippen molar-refractivity contribution in [2.24, 2.45) is 0 Å². The van der Waals surface area contributed by atoms with Crippen LogP contribution < -0.4 is 10.6 Å². The van der Waals surface area contributed by atoms with Gasteiger partial charge in [-0.1, -0.05) is 0 Å². The van der Waals surface area contributed by atoms with Crippen LogP contribution in [0.3, 0.4) is 0 Å². The second-order valence-electron chi connectivity index (χ2n) is 3.04. The molecule has 0 aliphatic heterocycles. The summed E-state index contributed by atoms with van der Waals surface area (Å²) < 4.78 is 51.6. The summed E-state index contributed by atoms with van der Waals surface area (Å²) in [4.78, 5) is 21.1. The molecule has 98 valence electrons. The van der Waals surface area contributed by atoms with Gasteiger partial charge in [-0.25, -0.2) is 22.4 Å². The maximum Gasteiger partial charge on any atom is 0.323 e. The van der Waals surface area contributed by atoms with Gasteiger partial charge in [0.15, 0.2) is 23.3 Å². The third-order valence-electron chi connectivity index (χ3n) is 1.75. The SMILES string of the molecule is O=C(O)CNC(=O)Nc1c(F)c(F)cc(F)c1F. The van der Waals surface area contributed by atoms with Crippen molar-refractivity contribution in [3.05, 3.63) is 29.3 Å². The molecule has 0 saturated carbocycles. The molecule has 1 aromatic carbocycles. The minimum atomic E-state index is -1.79. The number of anilines is 1. The minimum absolute atomic E-state index is 0.0228. The van der Waals surface area contributed by atoms with Gasteiger partial charge in [-0.3, -0.25) is 4.79 Å². The van der Waals surface area contributed by atoms with E-state index in [9.17, 15) is 27.2 Å². The second-order valence-corrected chi connectivity index (χ2v) is 3.04. The average molecular weight is 266 g/mol. The fourth-order valence-corrected chi connectivity index (χ4v) is 0.997. The number of carboxylic acids is 1. The molecule has 2 amide bonds. The lowest BCUT2D eigenvalue weighted by Gasteiger charge is -2.09. The molecule has 0 aliphatic carbocycles. The zero-order valence-corrected chi connectivity index (χ0v) is 8.56. The van der Waals surface area contributed by atoms with E-state index in [0.29, 0.717) is 0 Å². The molecule has 0 saturated heterocycles. The molecule has 0 radical (unpaired) electrons. The van der Waals surface area contributed by atoms with Gasteiger partial charge in [0.25, 0.3) is 0 Å². The third kappa shape index (κ3) is 3.09. The molecule has 0 unspecified atom stereocenters. The van der Waals surface area contributed by atoms with Crippen LogP contribution in [0.25, 0.3) is 0 Å². The number of hydrogen-bond donors (Lipinski definition) is 3. The molecule has 0 heterocycles. The molecule has 0 atom stereocenters. The van der Waals surface area contributed by atoms with Gasteiger partial charge in [-0.15, -0.1) is 0 Å². The molecule has 1 aromatic rings. The summed E-state index contributed by atoms with van der Waals surface area (Å²) in [6, 6.07) is -1.34. The Bertz CT molecular complexity index is 481. The number of rotatable bonds is 3. The van der Waals surface area contributed by atoms with Crippen LogP contribution in [0, 0.1) is 23.3 Å². The molecule has 0 spiro atoms. The van der Waals surface area contributed by atoms with Crippen LogP contribution in [0.1, 0.15) is 0 Å². The highest BCUT2D eigenvalue weighted by Gasteiger charge is 2.20. The van der Waals surface area contributed by atoms with Gasteiger partial charge in [0, 0.05) is 6.07 Å². The molecule has 0 bridgehead atoms. The number of carbonyl (C=O) groups is 2. The van der Waals surface area contributed by atoms with Crippen molar-refractivity contribution in [3.63, 3.8) is 0 Å². The van der Waals surface area contributed by atoms with Gasteiger partial charge in [0.2, 0.25) is 0 Å².